The molecule has 0 aromatic rings. The first kappa shape index (κ1) is 18.6. The summed E-state index contributed by atoms with van der Waals surface area (Å²) in [6, 6.07) is 0. The van der Waals surface area contributed by atoms with Crippen LogP contribution in [0.4, 0.5) is 0 Å². The minimum atomic E-state index is -0.817. The van der Waals surface area contributed by atoms with Gasteiger partial charge in [-0.3, -0.25) is 14.4 Å². The van der Waals surface area contributed by atoms with Crippen LogP contribution in [0.3, 0.4) is 0 Å². The fraction of sp³-hybridized carbons (Fsp3) is 0.786. The van der Waals surface area contributed by atoms with Gasteiger partial charge in [0.15, 0.2) is 11.9 Å². The summed E-state index contributed by atoms with van der Waals surface area (Å²) in [5.41, 5.74) is 5.33. The van der Waals surface area contributed by atoms with E-state index in [1.807, 2.05) is 13.8 Å². The van der Waals surface area contributed by atoms with Crippen LogP contribution in [-0.2, 0) is 23.9 Å². The van der Waals surface area contributed by atoms with Gasteiger partial charge in [-0.1, -0.05) is 13.3 Å². The van der Waals surface area contributed by atoms with Crippen molar-refractivity contribution in [3.8, 4) is 0 Å². The SMILES string of the molecule is CCCC(C)OC(=O)CCC(=O)O[C@@H](CCN)C(C)=O. The Bertz CT molecular complexity index is 330. The molecule has 0 saturated heterocycles. The zero-order valence-corrected chi connectivity index (χ0v) is 12.5. The summed E-state index contributed by atoms with van der Waals surface area (Å²) in [5.74, 6) is -1.26. The van der Waals surface area contributed by atoms with Gasteiger partial charge in [-0.25, -0.2) is 0 Å². The Kier molecular flexibility index (Phi) is 9.63. The molecular formula is C14H25NO5. The predicted octanol–water partition coefficient (Wildman–Crippen LogP) is 1.35. The molecule has 0 aliphatic heterocycles. The van der Waals surface area contributed by atoms with Crippen molar-refractivity contribution in [2.45, 2.75) is 65.1 Å². The molecule has 6 heteroatoms. The Morgan fingerprint density at radius 3 is 2.05 bits per heavy atom. The molecule has 0 aliphatic rings. The van der Waals surface area contributed by atoms with Gasteiger partial charge in [0.2, 0.25) is 0 Å². The molecule has 1 unspecified atom stereocenters. The summed E-state index contributed by atoms with van der Waals surface area (Å²) in [4.78, 5) is 34.2. The molecule has 6 nitrogen and oxygen atoms in total. The van der Waals surface area contributed by atoms with Crippen LogP contribution in [-0.4, -0.2) is 36.5 Å². The standard InChI is InChI=1S/C14H25NO5/c1-4-5-10(2)19-13(17)6-7-14(18)20-12(8-9-15)11(3)16/h10,12H,4-9,15H2,1-3H3/t10?,12-/m0/s1. The predicted molar refractivity (Wildman–Crippen MR) is 73.9 cm³/mol. The highest BCUT2D eigenvalue weighted by molar-refractivity contribution is 5.84. The lowest BCUT2D eigenvalue weighted by Crippen LogP contribution is -2.28. The first-order valence-corrected chi connectivity index (χ1v) is 7.00. The van der Waals surface area contributed by atoms with Crippen molar-refractivity contribution < 1.29 is 23.9 Å². The zero-order valence-electron chi connectivity index (χ0n) is 12.5. The smallest absolute Gasteiger partial charge is 0.307 e. The molecule has 0 radical (unpaired) electrons. The molecule has 0 spiro atoms. The van der Waals surface area contributed by atoms with E-state index in [-0.39, 0.29) is 31.3 Å². The zero-order chi connectivity index (χ0) is 15.5. The Morgan fingerprint density at radius 1 is 1.05 bits per heavy atom. The summed E-state index contributed by atoms with van der Waals surface area (Å²) < 4.78 is 10.1. The Balaban J connectivity index is 4.02. The molecule has 2 N–H and O–H groups in total. The molecule has 0 aliphatic carbocycles. The van der Waals surface area contributed by atoms with Crippen LogP contribution in [0, 0.1) is 0 Å². The van der Waals surface area contributed by atoms with Gasteiger partial charge < -0.3 is 15.2 Å². The lowest BCUT2D eigenvalue weighted by atomic mass is 10.2. The van der Waals surface area contributed by atoms with Crippen molar-refractivity contribution in [2.75, 3.05) is 6.54 Å². The Labute approximate surface area is 120 Å². The quantitative estimate of drug-likeness (QED) is 0.609. The summed E-state index contributed by atoms with van der Waals surface area (Å²) in [7, 11) is 0. The summed E-state index contributed by atoms with van der Waals surface area (Å²) in [5, 5.41) is 0. The van der Waals surface area contributed by atoms with E-state index in [9.17, 15) is 14.4 Å². The average Bonchev–Trinajstić information content (AvgIpc) is 2.36. The molecule has 20 heavy (non-hydrogen) atoms. The number of hydrogen-bond donors (Lipinski definition) is 1. The molecule has 0 amide bonds. The maximum atomic E-state index is 11.5. The maximum absolute atomic E-state index is 11.5. The van der Waals surface area contributed by atoms with Gasteiger partial charge in [0.05, 0.1) is 18.9 Å². The van der Waals surface area contributed by atoms with Gasteiger partial charge in [0, 0.05) is 6.42 Å². The van der Waals surface area contributed by atoms with Gasteiger partial charge in [0.25, 0.3) is 0 Å². The average molecular weight is 287 g/mol. The molecule has 0 saturated carbocycles. The number of nitrogens with two attached hydrogens (primary N) is 1. The van der Waals surface area contributed by atoms with Crippen molar-refractivity contribution in [3.63, 3.8) is 0 Å². The summed E-state index contributed by atoms with van der Waals surface area (Å²) >= 11 is 0. The van der Waals surface area contributed by atoms with E-state index in [0.717, 1.165) is 12.8 Å². The molecular weight excluding hydrogens is 262 g/mol. The second-order valence-corrected chi connectivity index (χ2v) is 4.76. The van der Waals surface area contributed by atoms with Crippen LogP contribution in [0.1, 0.15) is 52.9 Å². The highest BCUT2D eigenvalue weighted by atomic mass is 16.6. The topological polar surface area (TPSA) is 95.7 Å². The van der Waals surface area contributed by atoms with Crippen molar-refractivity contribution in [1.82, 2.24) is 0 Å². The minimum Gasteiger partial charge on any atom is -0.463 e. The molecule has 116 valence electrons. The largest absolute Gasteiger partial charge is 0.463 e. The fourth-order valence-corrected chi connectivity index (χ4v) is 1.67. The van der Waals surface area contributed by atoms with Gasteiger partial charge in [-0.15, -0.1) is 0 Å². The van der Waals surface area contributed by atoms with Crippen LogP contribution in [0.15, 0.2) is 0 Å². The van der Waals surface area contributed by atoms with Crippen molar-refractivity contribution in [3.05, 3.63) is 0 Å². The normalized spacial score (nSPS) is 13.4. The summed E-state index contributed by atoms with van der Waals surface area (Å²) in [6.45, 7) is 5.41. The third-order valence-corrected chi connectivity index (χ3v) is 2.72. The monoisotopic (exact) mass is 287 g/mol. The van der Waals surface area contributed by atoms with Gasteiger partial charge in [-0.2, -0.15) is 0 Å². The lowest BCUT2D eigenvalue weighted by Gasteiger charge is -2.14. The lowest BCUT2D eigenvalue weighted by molar-refractivity contribution is -0.158. The first-order valence-electron chi connectivity index (χ1n) is 7.00. The summed E-state index contributed by atoms with van der Waals surface area (Å²) in [6.07, 6.45) is 0.911. The van der Waals surface area contributed by atoms with Gasteiger partial charge in [-0.05, 0) is 26.8 Å². The highest BCUT2D eigenvalue weighted by Crippen LogP contribution is 2.06. The van der Waals surface area contributed by atoms with Crippen molar-refractivity contribution >= 4 is 17.7 Å². The van der Waals surface area contributed by atoms with E-state index in [4.69, 9.17) is 15.2 Å². The van der Waals surface area contributed by atoms with Crippen LogP contribution in [0.2, 0.25) is 0 Å². The number of esters is 2. The molecule has 0 aromatic carbocycles. The van der Waals surface area contributed by atoms with E-state index in [1.165, 1.54) is 6.92 Å². The third kappa shape index (κ3) is 8.63. The maximum Gasteiger partial charge on any atom is 0.307 e. The van der Waals surface area contributed by atoms with Crippen LogP contribution in [0.5, 0.6) is 0 Å². The molecule has 0 bridgehead atoms. The van der Waals surface area contributed by atoms with E-state index >= 15 is 0 Å². The second-order valence-electron chi connectivity index (χ2n) is 4.76. The number of Topliss-reactive ketones (excluding diaryl/α,β-unsaturated/α-hetero) is 1. The Hall–Kier alpha value is -1.43. The van der Waals surface area contributed by atoms with Crippen LogP contribution in [0.25, 0.3) is 0 Å². The number of carbonyl (C=O) groups excluding carboxylic acids is 3. The number of carbonyl (C=O) groups is 3. The van der Waals surface area contributed by atoms with Gasteiger partial charge in [0.1, 0.15) is 0 Å². The number of hydrogen-bond acceptors (Lipinski definition) is 6. The number of ether oxygens (including phenoxy) is 2. The fourth-order valence-electron chi connectivity index (χ4n) is 1.67. The molecule has 0 fully saturated rings. The van der Waals surface area contributed by atoms with E-state index in [1.54, 1.807) is 0 Å². The van der Waals surface area contributed by atoms with Crippen LogP contribution >= 0.6 is 0 Å². The Morgan fingerprint density at radius 2 is 1.60 bits per heavy atom. The third-order valence-electron chi connectivity index (χ3n) is 2.72. The molecule has 2 atom stereocenters. The molecule has 0 aromatic heterocycles. The number of rotatable bonds is 10. The van der Waals surface area contributed by atoms with Crippen molar-refractivity contribution in [1.29, 1.82) is 0 Å². The van der Waals surface area contributed by atoms with E-state index < -0.39 is 18.0 Å². The number of ketones is 1. The molecule has 0 heterocycles. The van der Waals surface area contributed by atoms with Gasteiger partial charge >= 0.3 is 11.9 Å². The second kappa shape index (κ2) is 10.4. The first-order chi connectivity index (χ1) is 9.40. The highest BCUT2D eigenvalue weighted by Gasteiger charge is 2.19. The molecule has 0 rings (SSSR count). The van der Waals surface area contributed by atoms with Crippen molar-refractivity contribution in [2.24, 2.45) is 5.73 Å². The minimum absolute atomic E-state index is 0.0415. The van der Waals surface area contributed by atoms with Crippen LogP contribution < -0.4 is 5.73 Å². The van der Waals surface area contributed by atoms with E-state index in [0.29, 0.717) is 6.42 Å². The van der Waals surface area contributed by atoms with E-state index in [2.05, 4.69) is 0 Å².